The number of hydrogen-bond acceptors (Lipinski definition) is 4. The largest absolute Gasteiger partial charge is 0.374 e. The maximum Gasteiger partial charge on any atom is 0.225 e. The van der Waals surface area contributed by atoms with Crippen LogP contribution >= 0.6 is 0 Å². The summed E-state index contributed by atoms with van der Waals surface area (Å²) in [4.78, 5) is 21.1. The van der Waals surface area contributed by atoms with Gasteiger partial charge in [0.2, 0.25) is 5.91 Å². The molecule has 0 saturated heterocycles. The summed E-state index contributed by atoms with van der Waals surface area (Å²) in [6.07, 6.45) is 3.45. The molecule has 4 rings (SSSR count). The molecule has 124 valence electrons. The second kappa shape index (κ2) is 5.56. The van der Waals surface area contributed by atoms with Crippen LogP contribution in [0, 0.1) is 5.41 Å². The first-order valence-corrected chi connectivity index (χ1v) is 8.25. The van der Waals surface area contributed by atoms with Gasteiger partial charge >= 0.3 is 0 Å². The van der Waals surface area contributed by atoms with Crippen LogP contribution in [-0.2, 0) is 22.7 Å². The third-order valence-electron chi connectivity index (χ3n) is 4.83. The minimum absolute atomic E-state index is 0.231. The van der Waals surface area contributed by atoms with Crippen molar-refractivity contribution < 1.29 is 9.53 Å². The van der Waals surface area contributed by atoms with Crippen LogP contribution in [-0.4, -0.2) is 27.0 Å². The molecule has 0 bridgehead atoms. The van der Waals surface area contributed by atoms with Crippen molar-refractivity contribution in [1.82, 2.24) is 14.5 Å². The molecular formula is C18H20N4O2. The van der Waals surface area contributed by atoms with Gasteiger partial charge in [0.1, 0.15) is 17.9 Å². The van der Waals surface area contributed by atoms with Crippen LogP contribution in [0.3, 0.4) is 0 Å². The summed E-state index contributed by atoms with van der Waals surface area (Å²) in [6, 6.07) is 7.98. The number of amides is 1. The molecule has 0 radical (unpaired) electrons. The molecule has 1 aliphatic rings. The molecule has 0 unspecified atom stereocenters. The summed E-state index contributed by atoms with van der Waals surface area (Å²) in [5.74, 6) is 0.586. The Morgan fingerprint density at radius 1 is 1.33 bits per heavy atom. The Morgan fingerprint density at radius 3 is 2.83 bits per heavy atom. The van der Waals surface area contributed by atoms with Crippen molar-refractivity contribution in [3.63, 3.8) is 0 Å². The van der Waals surface area contributed by atoms with Gasteiger partial charge in [0.25, 0.3) is 0 Å². The van der Waals surface area contributed by atoms with Gasteiger partial charge in [-0.2, -0.15) is 0 Å². The molecular weight excluding hydrogens is 304 g/mol. The average molecular weight is 324 g/mol. The van der Waals surface area contributed by atoms with E-state index < -0.39 is 5.41 Å². The Labute approximate surface area is 139 Å². The van der Waals surface area contributed by atoms with E-state index in [1.807, 2.05) is 31.2 Å². The monoisotopic (exact) mass is 324 g/mol. The van der Waals surface area contributed by atoms with Crippen molar-refractivity contribution in [2.75, 3.05) is 6.61 Å². The number of aromatic nitrogens is 3. The number of nitrogens with zero attached hydrogens (tertiary/aromatic N) is 3. The summed E-state index contributed by atoms with van der Waals surface area (Å²) in [5.41, 5.74) is 7.93. The third-order valence-corrected chi connectivity index (χ3v) is 4.83. The maximum absolute atomic E-state index is 11.9. The van der Waals surface area contributed by atoms with Crippen LogP contribution in [0.5, 0.6) is 0 Å². The van der Waals surface area contributed by atoms with Gasteiger partial charge < -0.3 is 15.0 Å². The summed E-state index contributed by atoms with van der Waals surface area (Å²) >= 11 is 0. The molecule has 1 saturated carbocycles. The van der Waals surface area contributed by atoms with Crippen LogP contribution in [0.2, 0.25) is 0 Å². The lowest BCUT2D eigenvalue weighted by atomic mass is 10.1. The highest BCUT2D eigenvalue weighted by Gasteiger charge is 2.49. The molecule has 6 nitrogen and oxygen atoms in total. The fourth-order valence-electron chi connectivity index (χ4n) is 3.22. The lowest BCUT2D eigenvalue weighted by molar-refractivity contribution is -0.123. The highest BCUT2D eigenvalue weighted by Crippen LogP contribution is 2.47. The third kappa shape index (κ3) is 2.34. The van der Waals surface area contributed by atoms with Gasteiger partial charge in [-0.05, 0) is 25.8 Å². The second-order valence-corrected chi connectivity index (χ2v) is 6.41. The molecule has 3 aromatic rings. The van der Waals surface area contributed by atoms with E-state index in [9.17, 15) is 4.79 Å². The normalized spacial score (nSPS) is 15.9. The molecule has 2 heterocycles. The van der Waals surface area contributed by atoms with E-state index in [0.29, 0.717) is 19.8 Å². The van der Waals surface area contributed by atoms with E-state index in [4.69, 9.17) is 15.5 Å². The van der Waals surface area contributed by atoms with Gasteiger partial charge in [0.15, 0.2) is 0 Å². The average Bonchev–Trinajstić information content (AvgIpc) is 3.29. The van der Waals surface area contributed by atoms with Gasteiger partial charge in [0.05, 0.1) is 22.6 Å². The predicted molar refractivity (Wildman–Crippen MR) is 91.2 cm³/mol. The molecule has 1 amide bonds. The Bertz CT molecular complexity index is 927. The maximum atomic E-state index is 11.9. The van der Waals surface area contributed by atoms with Crippen molar-refractivity contribution in [2.45, 2.75) is 32.9 Å². The topological polar surface area (TPSA) is 83.0 Å². The first-order chi connectivity index (χ1) is 11.6. The van der Waals surface area contributed by atoms with Crippen molar-refractivity contribution in [3.05, 3.63) is 36.3 Å². The Balaban J connectivity index is 1.92. The number of carbonyl (C=O) groups excluding carboxylic acids is 1. The van der Waals surface area contributed by atoms with E-state index in [-0.39, 0.29) is 5.91 Å². The second-order valence-electron chi connectivity index (χ2n) is 6.41. The quantitative estimate of drug-likeness (QED) is 0.754. The van der Waals surface area contributed by atoms with Gasteiger partial charge in [-0.1, -0.05) is 18.2 Å². The zero-order valence-corrected chi connectivity index (χ0v) is 13.7. The number of hydrogen-bond donors (Lipinski definition) is 1. The number of para-hydroxylation sites is 1. The number of benzene rings is 1. The van der Waals surface area contributed by atoms with E-state index >= 15 is 0 Å². The lowest BCUT2D eigenvalue weighted by Gasteiger charge is -2.16. The predicted octanol–water partition coefficient (Wildman–Crippen LogP) is 2.39. The highest BCUT2D eigenvalue weighted by molar-refractivity contribution is 6.02. The van der Waals surface area contributed by atoms with E-state index in [1.54, 1.807) is 6.20 Å². The van der Waals surface area contributed by atoms with Crippen LogP contribution in [0.15, 0.2) is 30.5 Å². The number of ether oxygens (including phenoxy) is 1. The minimum atomic E-state index is -0.445. The van der Waals surface area contributed by atoms with Crippen molar-refractivity contribution in [2.24, 2.45) is 11.1 Å². The van der Waals surface area contributed by atoms with E-state index in [1.165, 1.54) is 0 Å². The van der Waals surface area contributed by atoms with Gasteiger partial charge in [-0.15, -0.1) is 0 Å². The zero-order chi connectivity index (χ0) is 16.7. The first kappa shape index (κ1) is 15.1. The molecule has 2 aromatic heterocycles. The fourth-order valence-corrected chi connectivity index (χ4v) is 3.22. The van der Waals surface area contributed by atoms with Gasteiger partial charge in [0, 0.05) is 18.5 Å². The molecule has 0 aliphatic heterocycles. The van der Waals surface area contributed by atoms with Gasteiger partial charge in [-0.3, -0.25) is 9.78 Å². The summed E-state index contributed by atoms with van der Waals surface area (Å²) in [5, 5.41) is 1.03. The number of primary amides is 1. The lowest BCUT2D eigenvalue weighted by Crippen LogP contribution is -2.29. The standard InChI is InChI=1S/C18H20N4O2/c1-2-24-10-15-21-14-9-20-13-6-4-3-5-12(13)16(14)22(15)11-18(7-8-18)17(19)23/h3-6,9H,2,7-8,10-11H2,1H3,(H2,19,23). The van der Waals surface area contributed by atoms with Crippen molar-refractivity contribution in [3.8, 4) is 0 Å². The number of imidazole rings is 1. The number of nitrogens with two attached hydrogens (primary N) is 1. The summed E-state index contributed by atoms with van der Waals surface area (Å²) in [6.45, 7) is 3.53. The number of carbonyl (C=O) groups is 1. The van der Waals surface area contributed by atoms with Gasteiger partial charge in [-0.25, -0.2) is 4.98 Å². The molecule has 24 heavy (non-hydrogen) atoms. The molecule has 6 heteroatoms. The van der Waals surface area contributed by atoms with Crippen molar-refractivity contribution >= 4 is 27.8 Å². The summed E-state index contributed by atoms with van der Waals surface area (Å²) < 4.78 is 7.68. The minimum Gasteiger partial charge on any atom is -0.374 e. The number of pyridine rings is 1. The van der Waals surface area contributed by atoms with E-state index in [2.05, 4.69) is 9.55 Å². The summed E-state index contributed by atoms with van der Waals surface area (Å²) in [7, 11) is 0. The van der Waals surface area contributed by atoms with Crippen LogP contribution in [0.25, 0.3) is 21.9 Å². The Kier molecular flexibility index (Phi) is 3.49. The number of rotatable bonds is 6. The SMILES string of the molecule is CCOCc1nc2cnc3ccccc3c2n1CC1(C(N)=O)CC1. The van der Waals surface area contributed by atoms with E-state index in [0.717, 1.165) is 40.6 Å². The fraction of sp³-hybridized carbons (Fsp3) is 0.389. The highest BCUT2D eigenvalue weighted by atomic mass is 16.5. The molecule has 1 fully saturated rings. The van der Waals surface area contributed by atoms with Crippen molar-refractivity contribution in [1.29, 1.82) is 0 Å². The smallest absolute Gasteiger partial charge is 0.225 e. The van der Waals surface area contributed by atoms with Crippen LogP contribution < -0.4 is 5.73 Å². The first-order valence-electron chi connectivity index (χ1n) is 8.25. The van der Waals surface area contributed by atoms with Crippen LogP contribution in [0.4, 0.5) is 0 Å². The molecule has 1 aliphatic carbocycles. The molecule has 1 aromatic carbocycles. The molecule has 0 spiro atoms. The Morgan fingerprint density at radius 2 is 2.12 bits per heavy atom. The number of fused-ring (bicyclic) bond motifs is 3. The molecule has 0 atom stereocenters. The zero-order valence-electron chi connectivity index (χ0n) is 13.7. The molecule has 2 N–H and O–H groups in total. The van der Waals surface area contributed by atoms with Crippen LogP contribution in [0.1, 0.15) is 25.6 Å². The Hall–Kier alpha value is -2.47.